The molecule has 1 aromatic rings. The number of halogens is 1. The Labute approximate surface area is 125 Å². The van der Waals surface area contributed by atoms with Crippen LogP contribution in [0.5, 0.6) is 0 Å². The van der Waals surface area contributed by atoms with Crippen LogP contribution in [0.25, 0.3) is 0 Å². The molecule has 1 N–H and O–H groups in total. The van der Waals surface area contributed by atoms with Gasteiger partial charge in [0.15, 0.2) is 0 Å². The Morgan fingerprint density at radius 1 is 1.42 bits per heavy atom. The highest BCUT2D eigenvalue weighted by Crippen LogP contribution is 2.32. The van der Waals surface area contributed by atoms with Gasteiger partial charge in [-0.2, -0.15) is 5.10 Å². The maximum absolute atomic E-state index is 4.60. The Morgan fingerprint density at radius 2 is 2.11 bits per heavy atom. The maximum Gasteiger partial charge on any atom is 0.0738 e. The highest BCUT2D eigenvalue weighted by Gasteiger charge is 2.29. The molecule has 0 radical (unpaired) electrons. The van der Waals surface area contributed by atoms with E-state index in [4.69, 9.17) is 0 Å². The zero-order valence-corrected chi connectivity index (χ0v) is 14.2. The van der Waals surface area contributed by atoms with Crippen molar-refractivity contribution in [3.63, 3.8) is 0 Å². The second kappa shape index (κ2) is 5.96. The predicted octanol–water partition coefficient (Wildman–Crippen LogP) is 3.68. The molecule has 0 aliphatic heterocycles. The fraction of sp³-hybridized carbons (Fsp3) is 0.800. The number of hydrogen-bond acceptors (Lipinski definition) is 2. The first-order valence-corrected chi connectivity index (χ1v) is 8.23. The lowest BCUT2D eigenvalue weighted by molar-refractivity contribution is 0.281. The van der Waals surface area contributed by atoms with Crippen LogP contribution in [0.1, 0.15) is 51.4 Å². The van der Waals surface area contributed by atoms with Crippen molar-refractivity contribution in [2.45, 2.75) is 66.0 Å². The van der Waals surface area contributed by atoms with E-state index in [2.05, 4.69) is 58.7 Å². The molecule has 0 saturated heterocycles. The number of rotatable bonds is 7. The third kappa shape index (κ3) is 3.60. The number of aryl methyl sites for hydroxylation is 2. The minimum Gasteiger partial charge on any atom is -0.313 e. The summed E-state index contributed by atoms with van der Waals surface area (Å²) in [6.45, 7) is 11.0. The summed E-state index contributed by atoms with van der Waals surface area (Å²) in [7, 11) is 0. The summed E-state index contributed by atoms with van der Waals surface area (Å²) in [6, 6.07) is 0.784. The smallest absolute Gasteiger partial charge is 0.0738 e. The van der Waals surface area contributed by atoms with E-state index < -0.39 is 0 Å². The van der Waals surface area contributed by atoms with Gasteiger partial charge in [-0.1, -0.05) is 13.8 Å². The zero-order chi connectivity index (χ0) is 14.0. The molecule has 1 unspecified atom stereocenters. The van der Waals surface area contributed by atoms with Crippen molar-refractivity contribution in [1.29, 1.82) is 0 Å². The molecule has 1 fully saturated rings. The summed E-state index contributed by atoms with van der Waals surface area (Å²) >= 11 is 3.71. The molecule has 1 heterocycles. The molecule has 108 valence electrons. The van der Waals surface area contributed by atoms with Crippen LogP contribution in [-0.4, -0.2) is 22.4 Å². The van der Waals surface area contributed by atoms with Crippen LogP contribution in [0, 0.1) is 12.3 Å². The summed E-state index contributed by atoms with van der Waals surface area (Å²) in [5, 5.41) is 8.29. The van der Waals surface area contributed by atoms with E-state index in [1.807, 2.05) is 0 Å². The van der Waals surface area contributed by atoms with Crippen molar-refractivity contribution in [3.05, 3.63) is 15.9 Å². The van der Waals surface area contributed by atoms with E-state index in [1.165, 1.54) is 29.4 Å². The zero-order valence-electron chi connectivity index (χ0n) is 12.6. The lowest BCUT2D eigenvalue weighted by Crippen LogP contribution is -2.35. The second-order valence-electron chi connectivity index (χ2n) is 6.16. The second-order valence-corrected chi connectivity index (χ2v) is 6.95. The largest absolute Gasteiger partial charge is 0.313 e. The van der Waals surface area contributed by atoms with Crippen LogP contribution in [0.3, 0.4) is 0 Å². The van der Waals surface area contributed by atoms with Crippen LogP contribution in [-0.2, 0) is 13.0 Å². The average molecular weight is 328 g/mol. The van der Waals surface area contributed by atoms with Crippen LogP contribution >= 0.6 is 15.9 Å². The van der Waals surface area contributed by atoms with Gasteiger partial charge < -0.3 is 5.32 Å². The standard InChI is InChI=1S/C15H26BrN3/c1-5-15(4,10-17-12-7-8-12)9-13-14(16)11(3)18-19(13)6-2/h12,17H,5-10H2,1-4H3. The Balaban J connectivity index is 2.11. The molecule has 1 aromatic heterocycles. The SMILES string of the molecule is CCn1nc(C)c(Br)c1CC(C)(CC)CNC1CC1. The van der Waals surface area contributed by atoms with E-state index in [9.17, 15) is 0 Å². The van der Waals surface area contributed by atoms with Crippen molar-refractivity contribution in [3.8, 4) is 0 Å². The maximum atomic E-state index is 4.60. The topological polar surface area (TPSA) is 29.9 Å². The van der Waals surface area contributed by atoms with E-state index in [0.29, 0.717) is 5.41 Å². The van der Waals surface area contributed by atoms with Gasteiger partial charge in [0.05, 0.1) is 15.9 Å². The van der Waals surface area contributed by atoms with Gasteiger partial charge in [-0.05, 0) is 60.9 Å². The number of hydrogen-bond donors (Lipinski definition) is 1. The molecule has 1 atom stereocenters. The van der Waals surface area contributed by atoms with E-state index in [-0.39, 0.29) is 0 Å². The Bertz CT molecular complexity index is 437. The van der Waals surface area contributed by atoms with Crippen molar-refractivity contribution in [2.24, 2.45) is 5.41 Å². The highest BCUT2D eigenvalue weighted by molar-refractivity contribution is 9.10. The van der Waals surface area contributed by atoms with Crippen molar-refractivity contribution in [1.82, 2.24) is 15.1 Å². The van der Waals surface area contributed by atoms with Gasteiger partial charge in [-0.3, -0.25) is 4.68 Å². The van der Waals surface area contributed by atoms with Crippen molar-refractivity contribution in [2.75, 3.05) is 6.54 Å². The summed E-state index contributed by atoms with van der Waals surface area (Å²) in [5.41, 5.74) is 2.76. The van der Waals surface area contributed by atoms with E-state index >= 15 is 0 Å². The Hall–Kier alpha value is -0.350. The van der Waals surface area contributed by atoms with Gasteiger partial charge in [-0.25, -0.2) is 0 Å². The summed E-state index contributed by atoms with van der Waals surface area (Å²) in [4.78, 5) is 0. The molecular weight excluding hydrogens is 302 g/mol. The Morgan fingerprint density at radius 3 is 2.63 bits per heavy atom. The van der Waals surface area contributed by atoms with Gasteiger partial charge in [-0.15, -0.1) is 0 Å². The summed E-state index contributed by atoms with van der Waals surface area (Å²) < 4.78 is 3.34. The molecular formula is C15H26BrN3. The number of nitrogens with one attached hydrogen (secondary N) is 1. The molecule has 2 rings (SSSR count). The quantitative estimate of drug-likeness (QED) is 0.827. The monoisotopic (exact) mass is 327 g/mol. The lowest BCUT2D eigenvalue weighted by Gasteiger charge is -2.29. The number of nitrogens with zero attached hydrogens (tertiary/aromatic N) is 2. The molecule has 1 aliphatic carbocycles. The van der Waals surface area contributed by atoms with E-state index in [1.54, 1.807) is 0 Å². The van der Waals surface area contributed by atoms with Gasteiger partial charge in [0, 0.05) is 19.1 Å². The first-order chi connectivity index (χ1) is 8.99. The Kier molecular flexibility index (Phi) is 4.72. The van der Waals surface area contributed by atoms with E-state index in [0.717, 1.165) is 31.2 Å². The minimum atomic E-state index is 0.310. The van der Waals surface area contributed by atoms with Crippen molar-refractivity contribution >= 4 is 15.9 Å². The first kappa shape index (κ1) is 15.0. The molecule has 0 spiro atoms. The summed E-state index contributed by atoms with van der Waals surface area (Å²) in [5.74, 6) is 0. The fourth-order valence-corrected chi connectivity index (χ4v) is 2.86. The van der Waals surface area contributed by atoms with Gasteiger partial charge in [0.25, 0.3) is 0 Å². The molecule has 1 aliphatic rings. The normalized spacial score (nSPS) is 18.6. The lowest BCUT2D eigenvalue weighted by atomic mass is 9.82. The molecule has 0 amide bonds. The third-order valence-electron chi connectivity index (χ3n) is 4.30. The van der Waals surface area contributed by atoms with Gasteiger partial charge in [0.2, 0.25) is 0 Å². The number of aromatic nitrogens is 2. The molecule has 0 aromatic carbocycles. The predicted molar refractivity (Wildman–Crippen MR) is 83.5 cm³/mol. The van der Waals surface area contributed by atoms with Crippen LogP contribution in [0.2, 0.25) is 0 Å². The van der Waals surface area contributed by atoms with Crippen LogP contribution < -0.4 is 5.32 Å². The van der Waals surface area contributed by atoms with Gasteiger partial charge >= 0.3 is 0 Å². The highest BCUT2D eigenvalue weighted by atomic mass is 79.9. The minimum absolute atomic E-state index is 0.310. The third-order valence-corrected chi connectivity index (χ3v) is 5.33. The van der Waals surface area contributed by atoms with Crippen LogP contribution in [0.15, 0.2) is 4.47 Å². The van der Waals surface area contributed by atoms with Crippen molar-refractivity contribution < 1.29 is 0 Å². The van der Waals surface area contributed by atoms with Crippen LogP contribution in [0.4, 0.5) is 0 Å². The van der Waals surface area contributed by atoms with Gasteiger partial charge in [0.1, 0.15) is 0 Å². The summed E-state index contributed by atoms with van der Waals surface area (Å²) in [6.07, 6.45) is 4.98. The first-order valence-electron chi connectivity index (χ1n) is 7.44. The molecule has 19 heavy (non-hydrogen) atoms. The molecule has 3 nitrogen and oxygen atoms in total. The molecule has 0 bridgehead atoms. The average Bonchev–Trinajstić information content (AvgIpc) is 3.19. The fourth-order valence-electron chi connectivity index (χ4n) is 2.43. The molecule has 1 saturated carbocycles. The molecule has 4 heteroatoms.